The number of nitrogens with one attached hydrogen (secondary N) is 2. The number of aromatic nitrogens is 3. The molecule has 0 aliphatic heterocycles. The number of rotatable bonds is 9. The van der Waals surface area contributed by atoms with Crippen LogP contribution in [0.1, 0.15) is 109 Å². The molecule has 4 aromatic rings. The minimum atomic E-state index is -0.991. The summed E-state index contributed by atoms with van der Waals surface area (Å²) in [7, 11) is 0. The van der Waals surface area contributed by atoms with Gasteiger partial charge in [-0.3, -0.25) is 14.4 Å². The van der Waals surface area contributed by atoms with Crippen LogP contribution < -0.4 is 10.6 Å². The maximum absolute atomic E-state index is 13.9. The second-order valence-corrected chi connectivity index (χ2v) is 12.3. The van der Waals surface area contributed by atoms with Crippen LogP contribution in [0.25, 0.3) is 5.65 Å². The lowest BCUT2D eigenvalue weighted by Crippen LogP contribution is -2.33. The van der Waals surface area contributed by atoms with E-state index in [2.05, 4.69) is 20.7 Å². The van der Waals surface area contributed by atoms with Crippen LogP contribution in [-0.4, -0.2) is 49.8 Å². The highest BCUT2D eigenvalue weighted by Gasteiger charge is 2.30. The van der Waals surface area contributed by atoms with Gasteiger partial charge in [0.2, 0.25) is 0 Å². The highest BCUT2D eigenvalue weighted by Crippen LogP contribution is 2.35. The van der Waals surface area contributed by atoms with Gasteiger partial charge in [0.1, 0.15) is 11.4 Å². The van der Waals surface area contributed by atoms with Crippen molar-refractivity contribution in [2.24, 2.45) is 5.92 Å². The number of amides is 2. The average molecular weight is 628 g/mol. The summed E-state index contributed by atoms with van der Waals surface area (Å²) in [4.78, 5) is 56.9. The van der Waals surface area contributed by atoms with Gasteiger partial charge in [0.05, 0.1) is 23.4 Å². The maximum atomic E-state index is 13.9. The maximum Gasteiger partial charge on any atom is 0.335 e. The molecule has 1 atom stereocenters. The number of Topliss-reactive ketones (excluding diaryl/α,β-unsaturated/α-hetero) is 1. The Bertz CT molecular complexity index is 1830. The van der Waals surface area contributed by atoms with E-state index in [0.29, 0.717) is 41.5 Å². The van der Waals surface area contributed by atoms with Crippen molar-refractivity contribution in [2.75, 3.05) is 6.54 Å². The van der Waals surface area contributed by atoms with Crippen molar-refractivity contribution in [1.29, 1.82) is 0 Å². The van der Waals surface area contributed by atoms with Gasteiger partial charge in [0.15, 0.2) is 11.4 Å². The number of carbonyl (C=O) groups excluding carboxylic acids is 3. The molecule has 2 aliphatic rings. The van der Waals surface area contributed by atoms with Crippen molar-refractivity contribution in [3.05, 3.63) is 98.5 Å². The van der Waals surface area contributed by atoms with E-state index in [1.165, 1.54) is 23.2 Å². The van der Waals surface area contributed by atoms with Crippen LogP contribution in [0.15, 0.2) is 48.7 Å². The molecule has 2 amide bonds. The van der Waals surface area contributed by atoms with Crippen LogP contribution >= 0.6 is 11.6 Å². The number of carboxylic acid groups (broad SMARTS) is 1. The molecule has 0 saturated heterocycles. The number of carboxylic acids is 1. The number of hydrogen-bond donors (Lipinski definition) is 3. The first-order chi connectivity index (χ1) is 21.7. The topological polar surface area (TPSA) is 143 Å². The summed E-state index contributed by atoms with van der Waals surface area (Å²) in [6.07, 6.45) is 8.18. The van der Waals surface area contributed by atoms with E-state index >= 15 is 0 Å². The van der Waals surface area contributed by atoms with Gasteiger partial charge in [-0.1, -0.05) is 55.1 Å². The number of halogens is 1. The van der Waals surface area contributed by atoms with Crippen molar-refractivity contribution in [3.63, 3.8) is 0 Å². The van der Waals surface area contributed by atoms with Gasteiger partial charge >= 0.3 is 5.97 Å². The van der Waals surface area contributed by atoms with Gasteiger partial charge < -0.3 is 15.7 Å². The standard InChI is InChI=1S/C34H34ClN5O5/c1-19-22-13-14-27(24(22)12-11-23(19)34(44)45)39-33(43)29-16-28(32(42)36-17-20-7-3-2-4-8-20)38-31-25(18-37-40(29)31)30(41)15-21-9-5-6-10-26(21)35/h5-6,9-12,16,18,20,27H,2-4,7-8,13-15,17H2,1H3,(H,36,42)(H,39,43)(H,44,45)/t27-/m0/s1. The van der Waals surface area contributed by atoms with E-state index in [4.69, 9.17) is 11.6 Å². The number of hydrogen-bond acceptors (Lipinski definition) is 6. The van der Waals surface area contributed by atoms with Gasteiger partial charge in [0.25, 0.3) is 11.8 Å². The van der Waals surface area contributed by atoms with Crippen LogP contribution in [0.5, 0.6) is 0 Å². The lowest BCUT2D eigenvalue weighted by atomic mass is 9.89. The lowest BCUT2D eigenvalue weighted by Gasteiger charge is -2.21. The van der Waals surface area contributed by atoms with E-state index in [0.717, 1.165) is 36.8 Å². The molecule has 1 fully saturated rings. The molecule has 0 spiro atoms. The monoisotopic (exact) mass is 627 g/mol. The highest BCUT2D eigenvalue weighted by atomic mass is 35.5. The molecule has 3 N–H and O–H groups in total. The Hall–Kier alpha value is -4.57. The first kappa shape index (κ1) is 30.5. The summed E-state index contributed by atoms with van der Waals surface area (Å²) in [5.74, 6) is -1.81. The fourth-order valence-electron chi connectivity index (χ4n) is 6.56. The SMILES string of the molecule is Cc1c(C(=O)O)ccc2c1CC[C@@H]2NC(=O)c1cc(C(=O)NCC2CCCCC2)nc2c(C(=O)Cc3ccccc3Cl)cnn12. The third-order valence-electron chi connectivity index (χ3n) is 9.05. The Balaban J connectivity index is 1.32. The molecular formula is C34H34ClN5O5. The Morgan fingerprint density at radius 2 is 1.78 bits per heavy atom. The summed E-state index contributed by atoms with van der Waals surface area (Å²) >= 11 is 6.31. The lowest BCUT2D eigenvalue weighted by molar-refractivity contribution is 0.0695. The first-order valence-electron chi connectivity index (χ1n) is 15.3. The molecule has 2 aliphatic carbocycles. The van der Waals surface area contributed by atoms with Crippen LogP contribution in [0.2, 0.25) is 5.02 Å². The Morgan fingerprint density at radius 1 is 1.00 bits per heavy atom. The zero-order valence-electron chi connectivity index (χ0n) is 24.9. The van der Waals surface area contributed by atoms with Gasteiger partial charge in [-0.15, -0.1) is 0 Å². The molecule has 0 unspecified atom stereocenters. The minimum Gasteiger partial charge on any atom is -0.478 e. The van der Waals surface area contributed by atoms with E-state index in [1.54, 1.807) is 43.3 Å². The molecule has 6 rings (SSSR count). The number of carbonyl (C=O) groups is 4. The fraction of sp³-hybridized carbons (Fsp3) is 0.353. The van der Waals surface area contributed by atoms with Crippen molar-refractivity contribution < 1.29 is 24.3 Å². The fourth-order valence-corrected chi connectivity index (χ4v) is 6.76. The van der Waals surface area contributed by atoms with E-state index in [1.807, 2.05) is 0 Å². The molecule has 232 valence electrons. The summed E-state index contributed by atoms with van der Waals surface area (Å²) < 4.78 is 1.29. The third kappa shape index (κ3) is 6.20. The predicted octanol–water partition coefficient (Wildman–Crippen LogP) is 5.54. The van der Waals surface area contributed by atoms with E-state index < -0.39 is 17.8 Å². The van der Waals surface area contributed by atoms with Gasteiger partial charge in [-0.05, 0) is 72.9 Å². The van der Waals surface area contributed by atoms with Gasteiger partial charge in [-0.25, -0.2) is 14.3 Å². The molecule has 0 radical (unpaired) electrons. The number of ketones is 1. The molecule has 2 heterocycles. The molecule has 1 saturated carbocycles. The van der Waals surface area contributed by atoms with Gasteiger partial charge in [-0.2, -0.15) is 5.10 Å². The van der Waals surface area contributed by atoms with Gasteiger partial charge in [0, 0.05) is 24.1 Å². The smallest absolute Gasteiger partial charge is 0.335 e. The zero-order valence-corrected chi connectivity index (χ0v) is 25.7. The van der Waals surface area contributed by atoms with Crippen LogP contribution in [0.4, 0.5) is 0 Å². The molecule has 2 aromatic heterocycles. The number of benzene rings is 2. The molecule has 45 heavy (non-hydrogen) atoms. The summed E-state index contributed by atoms with van der Waals surface area (Å²) in [5, 5.41) is 20.4. The Kier molecular flexibility index (Phi) is 8.67. The van der Waals surface area contributed by atoms with Crippen molar-refractivity contribution >= 4 is 40.8 Å². The summed E-state index contributed by atoms with van der Waals surface area (Å²) in [6.45, 7) is 2.29. The number of nitrogens with zero attached hydrogens (tertiary/aromatic N) is 3. The van der Waals surface area contributed by atoms with E-state index in [9.17, 15) is 24.3 Å². The predicted molar refractivity (Wildman–Crippen MR) is 168 cm³/mol. The molecular weight excluding hydrogens is 594 g/mol. The summed E-state index contributed by atoms with van der Waals surface area (Å²) in [5.41, 5.74) is 3.71. The average Bonchev–Trinajstić information content (AvgIpc) is 3.66. The van der Waals surface area contributed by atoms with E-state index in [-0.39, 0.29) is 46.4 Å². The summed E-state index contributed by atoms with van der Waals surface area (Å²) in [6, 6.07) is 11.4. The third-order valence-corrected chi connectivity index (χ3v) is 9.42. The normalized spacial score (nSPS) is 16.4. The van der Waals surface area contributed by atoms with Crippen molar-refractivity contribution in [2.45, 2.75) is 64.3 Å². The second-order valence-electron chi connectivity index (χ2n) is 11.9. The van der Waals surface area contributed by atoms with Crippen molar-refractivity contribution in [3.8, 4) is 0 Å². The Morgan fingerprint density at radius 3 is 2.53 bits per heavy atom. The van der Waals surface area contributed by atoms with Crippen molar-refractivity contribution in [1.82, 2.24) is 25.2 Å². The van der Waals surface area contributed by atoms with Crippen LogP contribution in [-0.2, 0) is 12.8 Å². The van der Waals surface area contributed by atoms with Crippen LogP contribution in [0.3, 0.4) is 0 Å². The molecule has 10 nitrogen and oxygen atoms in total. The number of aromatic carboxylic acids is 1. The van der Waals surface area contributed by atoms with Crippen LogP contribution in [0, 0.1) is 12.8 Å². The molecule has 0 bridgehead atoms. The molecule has 2 aromatic carbocycles. The quantitative estimate of drug-likeness (QED) is 0.207. The second kappa shape index (κ2) is 12.8. The first-order valence-corrected chi connectivity index (χ1v) is 15.7. The number of fused-ring (bicyclic) bond motifs is 2. The Labute approximate surface area is 265 Å². The zero-order chi connectivity index (χ0) is 31.7. The minimum absolute atomic E-state index is 0.00111. The molecule has 11 heteroatoms. The largest absolute Gasteiger partial charge is 0.478 e. The highest BCUT2D eigenvalue weighted by molar-refractivity contribution is 6.31.